The van der Waals surface area contributed by atoms with Gasteiger partial charge in [-0.25, -0.2) is 0 Å². The fourth-order valence-electron chi connectivity index (χ4n) is 3.47. The molecule has 2 nitrogen and oxygen atoms in total. The van der Waals surface area contributed by atoms with E-state index in [0.717, 1.165) is 26.2 Å². The molecule has 1 aliphatic carbocycles. The van der Waals surface area contributed by atoms with Gasteiger partial charge in [0.1, 0.15) is 0 Å². The highest BCUT2D eigenvalue weighted by atomic mass is 15.1. The molecule has 1 aromatic carbocycles. The highest BCUT2D eigenvalue weighted by molar-refractivity contribution is 5.25. The van der Waals surface area contributed by atoms with Crippen LogP contribution in [0.25, 0.3) is 0 Å². The van der Waals surface area contributed by atoms with Gasteiger partial charge in [-0.3, -0.25) is 0 Å². The molecule has 1 aromatic rings. The molecule has 20 heavy (non-hydrogen) atoms. The van der Waals surface area contributed by atoms with Crippen LogP contribution in [0.4, 0.5) is 0 Å². The molecule has 0 atom stereocenters. The minimum atomic E-state index is 0.229. The third-order valence-corrected chi connectivity index (χ3v) is 4.82. The van der Waals surface area contributed by atoms with Crippen LogP contribution < -0.4 is 5.32 Å². The fourth-order valence-corrected chi connectivity index (χ4v) is 3.47. The van der Waals surface area contributed by atoms with E-state index in [0.29, 0.717) is 0 Å². The number of nitrogens with zero attached hydrogens (tertiary/aromatic N) is 1. The lowest BCUT2D eigenvalue weighted by Crippen LogP contribution is -2.47. The lowest BCUT2D eigenvalue weighted by Gasteiger charge is -2.39. The molecule has 0 radical (unpaired) electrons. The van der Waals surface area contributed by atoms with E-state index in [-0.39, 0.29) is 5.54 Å². The Morgan fingerprint density at radius 2 is 1.65 bits per heavy atom. The van der Waals surface area contributed by atoms with E-state index >= 15 is 0 Å². The van der Waals surface area contributed by atoms with Crippen LogP contribution in [-0.2, 0) is 5.54 Å². The third kappa shape index (κ3) is 3.83. The minimum Gasteiger partial charge on any atom is -0.306 e. The molecule has 0 aromatic heterocycles. The van der Waals surface area contributed by atoms with Crippen LogP contribution in [0.15, 0.2) is 30.3 Å². The zero-order chi connectivity index (χ0) is 14.3. The highest BCUT2D eigenvalue weighted by Gasteiger charge is 2.32. The van der Waals surface area contributed by atoms with Gasteiger partial charge >= 0.3 is 0 Å². The van der Waals surface area contributed by atoms with Gasteiger partial charge in [-0.1, -0.05) is 63.4 Å². The van der Waals surface area contributed by atoms with Crippen LogP contribution in [0.5, 0.6) is 0 Å². The van der Waals surface area contributed by atoms with Crippen LogP contribution in [0.1, 0.15) is 51.5 Å². The van der Waals surface area contributed by atoms with E-state index in [1.807, 2.05) is 0 Å². The average Bonchev–Trinajstić information content (AvgIpc) is 2.53. The van der Waals surface area contributed by atoms with Crippen molar-refractivity contribution in [2.75, 3.05) is 26.2 Å². The Morgan fingerprint density at radius 3 is 2.25 bits per heavy atom. The Bertz CT molecular complexity index is 364. The maximum Gasteiger partial charge on any atom is 0.0435 e. The standard InChI is InChI=1S/C18H30N2/c1-3-20(4-2)16-15-19-18(13-9-6-10-14-18)17-11-7-5-8-12-17/h5,7-8,11-12,19H,3-4,6,9-10,13-16H2,1-2H3. The van der Waals surface area contributed by atoms with Crippen LogP contribution in [0.3, 0.4) is 0 Å². The van der Waals surface area contributed by atoms with Gasteiger partial charge in [0.15, 0.2) is 0 Å². The van der Waals surface area contributed by atoms with Gasteiger partial charge in [0, 0.05) is 18.6 Å². The molecular formula is C18H30N2. The Hall–Kier alpha value is -0.860. The molecule has 1 N–H and O–H groups in total. The summed E-state index contributed by atoms with van der Waals surface area (Å²) in [6.45, 7) is 9.04. The summed E-state index contributed by atoms with van der Waals surface area (Å²) in [4.78, 5) is 2.49. The van der Waals surface area contributed by atoms with Crippen molar-refractivity contribution >= 4 is 0 Å². The van der Waals surface area contributed by atoms with Gasteiger partial charge < -0.3 is 10.2 Å². The van der Waals surface area contributed by atoms with E-state index in [1.54, 1.807) is 0 Å². The molecule has 0 spiro atoms. The second kappa shape index (κ2) is 7.80. The zero-order valence-electron chi connectivity index (χ0n) is 13.2. The van der Waals surface area contributed by atoms with Crippen molar-refractivity contribution in [3.05, 3.63) is 35.9 Å². The van der Waals surface area contributed by atoms with Gasteiger partial charge in [-0.2, -0.15) is 0 Å². The SMILES string of the molecule is CCN(CC)CCNC1(c2ccccc2)CCCCC1. The lowest BCUT2D eigenvalue weighted by atomic mass is 9.76. The van der Waals surface area contributed by atoms with Gasteiger partial charge in [0.05, 0.1) is 0 Å². The van der Waals surface area contributed by atoms with Crippen molar-refractivity contribution in [2.24, 2.45) is 0 Å². The van der Waals surface area contributed by atoms with Crippen LogP contribution in [-0.4, -0.2) is 31.1 Å². The monoisotopic (exact) mass is 274 g/mol. The summed E-state index contributed by atoms with van der Waals surface area (Å²) in [7, 11) is 0. The summed E-state index contributed by atoms with van der Waals surface area (Å²) in [6, 6.07) is 11.1. The molecule has 0 heterocycles. The number of likely N-dealkylation sites (N-methyl/N-ethyl adjacent to an activating group) is 1. The topological polar surface area (TPSA) is 15.3 Å². The van der Waals surface area contributed by atoms with Crippen LogP contribution >= 0.6 is 0 Å². The second-order valence-electron chi connectivity index (χ2n) is 5.96. The van der Waals surface area contributed by atoms with Crippen molar-refractivity contribution in [1.82, 2.24) is 10.2 Å². The van der Waals surface area contributed by atoms with E-state index in [9.17, 15) is 0 Å². The average molecular weight is 274 g/mol. The molecule has 2 heteroatoms. The van der Waals surface area contributed by atoms with Crippen LogP contribution in [0.2, 0.25) is 0 Å². The number of hydrogen-bond acceptors (Lipinski definition) is 2. The van der Waals surface area contributed by atoms with Gasteiger partial charge in [-0.15, -0.1) is 0 Å². The second-order valence-corrected chi connectivity index (χ2v) is 5.96. The highest BCUT2D eigenvalue weighted by Crippen LogP contribution is 2.36. The smallest absolute Gasteiger partial charge is 0.0435 e. The van der Waals surface area contributed by atoms with Crippen molar-refractivity contribution in [3.63, 3.8) is 0 Å². The molecule has 2 rings (SSSR count). The first-order chi connectivity index (χ1) is 9.80. The summed E-state index contributed by atoms with van der Waals surface area (Å²) in [6.07, 6.45) is 6.68. The predicted molar refractivity (Wildman–Crippen MR) is 87.0 cm³/mol. The molecule has 0 amide bonds. The number of benzene rings is 1. The van der Waals surface area contributed by atoms with Gasteiger partial charge in [0.25, 0.3) is 0 Å². The van der Waals surface area contributed by atoms with Crippen molar-refractivity contribution in [1.29, 1.82) is 0 Å². The first-order valence-electron chi connectivity index (χ1n) is 8.33. The summed E-state index contributed by atoms with van der Waals surface area (Å²) in [5.74, 6) is 0. The van der Waals surface area contributed by atoms with E-state index in [4.69, 9.17) is 0 Å². The molecule has 112 valence electrons. The molecular weight excluding hydrogens is 244 g/mol. The number of rotatable bonds is 7. The van der Waals surface area contributed by atoms with E-state index in [2.05, 4.69) is 54.4 Å². The molecule has 1 saturated carbocycles. The Balaban J connectivity index is 2.01. The molecule has 0 bridgehead atoms. The summed E-state index contributed by atoms with van der Waals surface area (Å²) >= 11 is 0. The molecule has 1 fully saturated rings. The van der Waals surface area contributed by atoms with Gasteiger partial charge in [-0.05, 0) is 31.5 Å². The molecule has 0 unspecified atom stereocenters. The largest absolute Gasteiger partial charge is 0.306 e. The molecule has 0 aliphatic heterocycles. The summed E-state index contributed by atoms with van der Waals surface area (Å²) < 4.78 is 0. The normalized spacial score (nSPS) is 18.4. The van der Waals surface area contributed by atoms with Crippen molar-refractivity contribution in [2.45, 2.75) is 51.5 Å². The molecule has 1 aliphatic rings. The zero-order valence-corrected chi connectivity index (χ0v) is 13.2. The maximum atomic E-state index is 3.91. The quantitative estimate of drug-likeness (QED) is 0.814. The fraction of sp³-hybridized carbons (Fsp3) is 0.667. The Morgan fingerprint density at radius 1 is 1.00 bits per heavy atom. The predicted octanol–water partition coefficient (Wildman–Crippen LogP) is 3.78. The molecule has 0 saturated heterocycles. The third-order valence-electron chi connectivity index (χ3n) is 4.82. The Labute approximate surface area is 124 Å². The number of nitrogens with one attached hydrogen (secondary N) is 1. The maximum absolute atomic E-state index is 3.91. The van der Waals surface area contributed by atoms with Crippen molar-refractivity contribution < 1.29 is 0 Å². The minimum absolute atomic E-state index is 0.229. The van der Waals surface area contributed by atoms with Crippen molar-refractivity contribution in [3.8, 4) is 0 Å². The first-order valence-corrected chi connectivity index (χ1v) is 8.33. The van der Waals surface area contributed by atoms with E-state index in [1.165, 1.54) is 37.7 Å². The van der Waals surface area contributed by atoms with E-state index < -0.39 is 0 Å². The first kappa shape index (κ1) is 15.5. The van der Waals surface area contributed by atoms with Crippen LogP contribution in [0, 0.1) is 0 Å². The summed E-state index contributed by atoms with van der Waals surface area (Å²) in [5.41, 5.74) is 1.71. The Kier molecular flexibility index (Phi) is 6.06. The lowest BCUT2D eigenvalue weighted by molar-refractivity contribution is 0.214. The summed E-state index contributed by atoms with van der Waals surface area (Å²) in [5, 5.41) is 3.91. The van der Waals surface area contributed by atoms with Gasteiger partial charge in [0.2, 0.25) is 0 Å². The number of hydrogen-bond donors (Lipinski definition) is 1.